The number of aliphatic hydroxyl groups is 1. The van der Waals surface area contributed by atoms with E-state index in [1.165, 1.54) is 0 Å². The average molecular weight is 237 g/mol. The standard InChI is InChI=1S/C13H19NO3/c1-2-11(15)9-14-8-10-4-3-5-12-13(10)17-7-6-16-12/h3-5,11,14-15H,2,6-9H2,1H3. The molecule has 2 N–H and O–H groups in total. The maximum atomic E-state index is 9.46. The van der Waals surface area contributed by atoms with Gasteiger partial charge in [0, 0.05) is 18.7 Å². The summed E-state index contributed by atoms with van der Waals surface area (Å²) in [7, 11) is 0. The minimum Gasteiger partial charge on any atom is -0.486 e. The molecule has 1 aliphatic heterocycles. The van der Waals surface area contributed by atoms with Gasteiger partial charge in [-0.3, -0.25) is 0 Å². The Balaban J connectivity index is 1.96. The second-order valence-electron chi connectivity index (χ2n) is 4.13. The van der Waals surface area contributed by atoms with E-state index in [2.05, 4.69) is 5.32 Å². The average Bonchev–Trinajstić information content (AvgIpc) is 2.39. The molecule has 1 aliphatic rings. The van der Waals surface area contributed by atoms with Crippen LogP contribution >= 0.6 is 0 Å². The normalized spacial score (nSPS) is 15.6. The molecule has 0 saturated heterocycles. The molecule has 0 saturated carbocycles. The Hall–Kier alpha value is -1.26. The van der Waals surface area contributed by atoms with Crippen molar-refractivity contribution in [3.05, 3.63) is 23.8 Å². The molecule has 1 aromatic carbocycles. The maximum absolute atomic E-state index is 9.46. The summed E-state index contributed by atoms with van der Waals surface area (Å²) in [6.07, 6.45) is 0.478. The molecule has 4 nitrogen and oxygen atoms in total. The maximum Gasteiger partial charge on any atom is 0.165 e. The molecule has 0 bridgehead atoms. The monoisotopic (exact) mass is 237 g/mol. The van der Waals surface area contributed by atoms with E-state index in [0.717, 1.165) is 23.5 Å². The van der Waals surface area contributed by atoms with Crippen molar-refractivity contribution in [3.63, 3.8) is 0 Å². The van der Waals surface area contributed by atoms with Gasteiger partial charge in [0.15, 0.2) is 11.5 Å². The van der Waals surface area contributed by atoms with Crippen LogP contribution in [0, 0.1) is 0 Å². The third-order valence-electron chi connectivity index (χ3n) is 2.81. The highest BCUT2D eigenvalue weighted by Gasteiger charge is 2.15. The quantitative estimate of drug-likeness (QED) is 0.811. The van der Waals surface area contributed by atoms with Crippen molar-refractivity contribution >= 4 is 0 Å². The fourth-order valence-corrected chi connectivity index (χ4v) is 1.79. The molecule has 0 aromatic heterocycles. The van der Waals surface area contributed by atoms with E-state index in [9.17, 15) is 5.11 Å². The molecule has 1 unspecified atom stereocenters. The highest BCUT2D eigenvalue weighted by Crippen LogP contribution is 2.33. The lowest BCUT2D eigenvalue weighted by Crippen LogP contribution is -2.26. The fourth-order valence-electron chi connectivity index (χ4n) is 1.79. The molecule has 0 spiro atoms. The highest BCUT2D eigenvalue weighted by molar-refractivity contribution is 5.47. The lowest BCUT2D eigenvalue weighted by Gasteiger charge is -2.21. The van der Waals surface area contributed by atoms with Crippen molar-refractivity contribution in [1.82, 2.24) is 5.32 Å². The van der Waals surface area contributed by atoms with E-state index in [-0.39, 0.29) is 6.10 Å². The predicted molar refractivity (Wildman–Crippen MR) is 65.4 cm³/mol. The Labute approximate surface area is 102 Å². The Morgan fingerprint density at radius 3 is 3.00 bits per heavy atom. The summed E-state index contributed by atoms with van der Waals surface area (Å²) in [5, 5.41) is 12.7. The van der Waals surface area contributed by atoms with Gasteiger partial charge in [0.05, 0.1) is 6.10 Å². The molecule has 17 heavy (non-hydrogen) atoms. The van der Waals surface area contributed by atoms with Crippen LogP contribution < -0.4 is 14.8 Å². The molecule has 94 valence electrons. The van der Waals surface area contributed by atoms with Crippen molar-refractivity contribution in [2.75, 3.05) is 19.8 Å². The number of para-hydroxylation sites is 1. The number of fused-ring (bicyclic) bond motifs is 1. The third-order valence-corrected chi connectivity index (χ3v) is 2.81. The summed E-state index contributed by atoms with van der Waals surface area (Å²) in [4.78, 5) is 0. The van der Waals surface area contributed by atoms with Crippen molar-refractivity contribution < 1.29 is 14.6 Å². The molecule has 0 amide bonds. The largest absolute Gasteiger partial charge is 0.486 e. The van der Waals surface area contributed by atoms with Gasteiger partial charge in [-0.1, -0.05) is 19.1 Å². The molecule has 1 heterocycles. The molecule has 0 aliphatic carbocycles. The number of benzene rings is 1. The van der Waals surface area contributed by atoms with Crippen LogP contribution in [0.1, 0.15) is 18.9 Å². The Morgan fingerprint density at radius 2 is 2.18 bits per heavy atom. The molecule has 1 aromatic rings. The molecule has 1 atom stereocenters. The minimum absolute atomic E-state index is 0.285. The van der Waals surface area contributed by atoms with Crippen LogP contribution in [0.5, 0.6) is 11.5 Å². The van der Waals surface area contributed by atoms with Gasteiger partial charge >= 0.3 is 0 Å². The Kier molecular flexibility index (Phi) is 4.23. The number of ether oxygens (including phenoxy) is 2. The van der Waals surface area contributed by atoms with Gasteiger partial charge in [-0.2, -0.15) is 0 Å². The van der Waals surface area contributed by atoms with Crippen LogP contribution in [0.3, 0.4) is 0 Å². The first-order chi connectivity index (χ1) is 8.31. The van der Waals surface area contributed by atoms with Crippen molar-refractivity contribution in [2.24, 2.45) is 0 Å². The zero-order valence-corrected chi connectivity index (χ0v) is 10.1. The van der Waals surface area contributed by atoms with Crippen LogP contribution in [0.25, 0.3) is 0 Å². The molecular weight excluding hydrogens is 218 g/mol. The molecule has 4 heteroatoms. The second kappa shape index (κ2) is 5.89. The van der Waals surface area contributed by atoms with Gasteiger partial charge in [-0.25, -0.2) is 0 Å². The van der Waals surface area contributed by atoms with Gasteiger partial charge < -0.3 is 19.9 Å². The van der Waals surface area contributed by atoms with Crippen LogP contribution in [0.15, 0.2) is 18.2 Å². The zero-order chi connectivity index (χ0) is 12.1. The van der Waals surface area contributed by atoms with Crippen LogP contribution in [-0.2, 0) is 6.54 Å². The predicted octanol–water partition coefficient (Wildman–Crippen LogP) is 1.32. The van der Waals surface area contributed by atoms with Gasteiger partial charge in [-0.05, 0) is 12.5 Å². The number of nitrogens with one attached hydrogen (secondary N) is 1. The molecule has 0 fully saturated rings. The molecular formula is C13H19NO3. The van der Waals surface area contributed by atoms with E-state index in [1.54, 1.807) is 0 Å². The molecule has 0 radical (unpaired) electrons. The first kappa shape index (κ1) is 12.2. The summed E-state index contributed by atoms with van der Waals surface area (Å²) in [6, 6.07) is 5.89. The van der Waals surface area contributed by atoms with Gasteiger partial charge in [-0.15, -0.1) is 0 Å². The first-order valence-corrected chi connectivity index (χ1v) is 6.07. The summed E-state index contributed by atoms with van der Waals surface area (Å²) >= 11 is 0. The SMILES string of the molecule is CCC(O)CNCc1cccc2c1OCCO2. The van der Waals surface area contributed by atoms with Crippen LogP contribution in [-0.4, -0.2) is 31.0 Å². The summed E-state index contributed by atoms with van der Waals surface area (Å²) in [6.45, 7) is 4.46. The van der Waals surface area contributed by atoms with E-state index in [0.29, 0.717) is 26.3 Å². The first-order valence-electron chi connectivity index (χ1n) is 6.07. The number of hydrogen-bond donors (Lipinski definition) is 2. The van der Waals surface area contributed by atoms with E-state index < -0.39 is 0 Å². The second-order valence-corrected chi connectivity index (χ2v) is 4.13. The van der Waals surface area contributed by atoms with Crippen molar-refractivity contribution in [1.29, 1.82) is 0 Å². The van der Waals surface area contributed by atoms with Crippen molar-refractivity contribution in [3.8, 4) is 11.5 Å². The topological polar surface area (TPSA) is 50.7 Å². The Bertz CT molecular complexity index is 368. The number of rotatable bonds is 5. The third kappa shape index (κ3) is 3.11. The van der Waals surface area contributed by atoms with Crippen LogP contribution in [0.4, 0.5) is 0 Å². The molecule has 2 rings (SSSR count). The van der Waals surface area contributed by atoms with E-state index in [1.807, 2.05) is 25.1 Å². The lowest BCUT2D eigenvalue weighted by molar-refractivity contribution is 0.163. The fraction of sp³-hybridized carbons (Fsp3) is 0.538. The van der Waals surface area contributed by atoms with E-state index in [4.69, 9.17) is 9.47 Å². The van der Waals surface area contributed by atoms with Crippen molar-refractivity contribution in [2.45, 2.75) is 26.0 Å². The minimum atomic E-state index is -0.285. The number of aliphatic hydroxyl groups excluding tert-OH is 1. The van der Waals surface area contributed by atoms with Gasteiger partial charge in [0.25, 0.3) is 0 Å². The lowest BCUT2D eigenvalue weighted by atomic mass is 10.1. The van der Waals surface area contributed by atoms with Gasteiger partial charge in [0.1, 0.15) is 13.2 Å². The summed E-state index contributed by atoms with van der Waals surface area (Å²) in [5.41, 5.74) is 1.07. The smallest absolute Gasteiger partial charge is 0.165 e. The Morgan fingerprint density at radius 1 is 1.35 bits per heavy atom. The van der Waals surface area contributed by atoms with Crippen LogP contribution in [0.2, 0.25) is 0 Å². The zero-order valence-electron chi connectivity index (χ0n) is 10.1. The van der Waals surface area contributed by atoms with Gasteiger partial charge in [0.2, 0.25) is 0 Å². The van der Waals surface area contributed by atoms with E-state index >= 15 is 0 Å². The number of hydrogen-bond acceptors (Lipinski definition) is 4. The summed E-state index contributed by atoms with van der Waals surface area (Å²) < 4.78 is 11.1. The highest BCUT2D eigenvalue weighted by atomic mass is 16.6. The summed E-state index contributed by atoms with van der Waals surface area (Å²) in [5.74, 6) is 1.64.